The molecule has 29 heavy (non-hydrogen) atoms. The predicted molar refractivity (Wildman–Crippen MR) is 111 cm³/mol. The second-order valence-electron chi connectivity index (χ2n) is 6.30. The zero-order chi connectivity index (χ0) is 20.6. The minimum atomic E-state index is -0.225. The first-order valence-corrected chi connectivity index (χ1v) is 9.33. The summed E-state index contributed by atoms with van der Waals surface area (Å²) in [6, 6.07) is 13.4. The molecule has 1 aromatic heterocycles. The van der Waals surface area contributed by atoms with Gasteiger partial charge in [-0.1, -0.05) is 30.3 Å². The van der Waals surface area contributed by atoms with Crippen LogP contribution < -0.4 is 19.5 Å². The number of carbonyl (C=O) groups excluding carboxylic acids is 1. The van der Waals surface area contributed by atoms with Gasteiger partial charge in [-0.05, 0) is 18.6 Å². The molecule has 0 fully saturated rings. The van der Waals surface area contributed by atoms with Crippen LogP contribution in [0.15, 0.2) is 54.9 Å². The lowest BCUT2D eigenvalue weighted by atomic mass is 10.1. The molecule has 0 radical (unpaired) electrons. The van der Waals surface area contributed by atoms with Crippen molar-refractivity contribution >= 4 is 5.91 Å². The Morgan fingerprint density at radius 3 is 2.45 bits per heavy atom. The molecule has 3 aromatic rings. The Bertz CT molecular complexity index is 954. The maximum absolute atomic E-state index is 12.6. The summed E-state index contributed by atoms with van der Waals surface area (Å²) < 4.78 is 18.1. The molecule has 3 rings (SSSR count). The van der Waals surface area contributed by atoms with Crippen molar-refractivity contribution in [1.29, 1.82) is 0 Å². The van der Waals surface area contributed by atoms with E-state index in [1.54, 1.807) is 18.3 Å². The fourth-order valence-electron chi connectivity index (χ4n) is 3.16. The van der Waals surface area contributed by atoms with Gasteiger partial charge in [0.2, 0.25) is 5.75 Å². The number of aromatic nitrogens is 2. The van der Waals surface area contributed by atoms with Gasteiger partial charge in [-0.2, -0.15) is 0 Å². The molecule has 0 aliphatic rings. The fourth-order valence-corrected chi connectivity index (χ4v) is 3.16. The largest absolute Gasteiger partial charge is 0.493 e. The Balaban J connectivity index is 1.61. The lowest BCUT2D eigenvalue weighted by Gasteiger charge is -2.15. The minimum Gasteiger partial charge on any atom is -0.493 e. The third-order valence-electron chi connectivity index (χ3n) is 4.56. The van der Waals surface area contributed by atoms with Crippen molar-refractivity contribution in [2.45, 2.75) is 13.0 Å². The molecule has 0 unspecified atom stereocenters. The lowest BCUT2D eigenvalue weighted by molar-refractivity contribution is 0.0949. The van der Waals surface area contributed by atoms with Gasteiger partial charge < -0.3 is 24.1 Å². The summed E-state index contributed by atoms with van der Waals surface area (Å²) in [7, 11) is 4.55. The summed E-state index contributed by atoms with van der Waals surface area (Å²) in [4.78, 5) is 17.1. The first-order chi connectivity index (χ1) is 14.2. The smallest absolute Gasteiger partial charge is 0.255 e. The number of ether oxygens (including phenoxy) is 3. The normalized spacial score (nSPS) is 10.4. The number of benzene rings is 2. The summed E-state index contributed by atoms with van der Waals surface area (Å²) >= 11 is 0. The van der Waals surface area contributed by atoms with E-state index in [1.165, 1.54) is 21.3 Å². The van der Waals surface area contributed by atoms with Gasteiger partial charge in [0, 0.05) is 31.0 Å². The van der Waals surface area contributed by atoms with Crippen molar-refractivity contribution in [3.05, 3.63) is 60.4 Å². The lowest BCUT2D eigenvalue weighted by Crippen LogP contribution is -2.26. The molecule has 1 amide bonds. The second-order valence-corrected chi connectivity index (χ2v) is 6.30. The number of nitrogens with one attached hydrogen (secondary N) is 1. The third kappa shape index (κ3) is 4.51. The van der Waals surface area contributed by atoms with Crippen LogP contribution in [0.3, 0.4) is 0 Å². The Labute approximate surface area is 170 Å². The van der Waals surface area contributed by atoms with Gasteiger partial charge in [-0.3, -0.25) is 4.79 Å². The van der Waals surface area contributed by atoms with Crippen LogP contribution in [-0.2, 0) is 6.54 Å². The minimum absolute atomic E-state index is 0.225. The first-order valence-electron chi connectivity index (χ1n) is 9.33. The van der Waals surface area contributed by atoms with E-state index in [4.69, 9.17) is 14.2 Å². The molecule has 0 aliphatic carbocycles. The standard InChI is InChI=1S/C22H25N3O4/c1-27-18-11-10-17(19(28-2)20(18)29-3)22(26)24-12-7-14-25-15-13-23-21(25)16-8-5-4-6-9-16/h4-6,8-11,13,15H,7,12,14H2,1-3H3,(H,24,26). The van der Waals surface area contributed by atoms with E-state index in [-0.39, 0.29) is 5.91 Å². The molecule has 0 saturated carbocycles. The van der Waals surface area contributed by atoms with E-state index in [0.717, 1.165) is 24.4 Å². The molecule has 0 spiro atoms. The molecule has 152 valence electrons. The molecule has 0 aliphatic heterocycles. The molecule has 0 bridgehead atoms. The first kappa shape index (κ1) is 20.3. The molecule has 7 nitrogen and oxygen atoms in total. The highest BCUT2D eigenvalue weighted by Crippen LogP contribution is 2.39. The molecule has 7 heteroatoms. The average Bonchev–Trinajstić information content (AvgIpc) is 3.24. The van der Waals surface area contributed by atoms with Crippen LogP contribution in [0.2, 0.25) is 0 Å². The van der Waals surface area contributed by atoms with E-state index in [9.17, 15) is 4.79 Å². The summed E-state index contributed by atoms with van der Waals surface area (Å²) in [6.45, 7) is 1.26. The van der Waals surface area contributed by atoms with Crippen molar-refractivity contribution in [2.24, 2.45) is 0 Å². The molecule has 0 saturated heterocycles. The van der Waals surface area contributed by atoms with Gasteiger partial charge in [0.15, 0.2) is 11.5 Å². The summed E-state index contributed by atoms with van der Waals surface area (Å²) in [5, 5.41) is 2.94. The number of methoxy groups -OCH3 is 3. The van der Waals surface area contributed by atoms with E-state index in [0.29, 0.717) is 29.4 Å². The number of rotatable bonds is 9. The number of imidazole rings is 1. The van der Waals surface area contributed by atoms with Gasteiger partial charge in [0.05, 0.1) is 26.9 Å². The monoisotopic (exact) mass is 395 g/mol. The summed E-state index contributed by atoms with van der Waals surface area (Å²) in [5.74, 6) is 1.95. The zero-order valence-corrected chi connectivity index (χ0v) is 16.8. The Kier molecular flexibility index (Phi) is 6.73. The van der Waals surface area contributed by atoms with Crippen molar-refractivity contribution in [3.8, 4) is 28.6 Å². The highest BCUT2D eigenvalue weighted by atomic mass is 16.5. The Morgan fingerprint density at radius 2 is 1.76 bits per heavy atom. The topological polar surface area (TPSA) is 74.6 Å². The van der Waals surface area contributed by atoms with Crippen LogP contribution in [0.4, 0.5) is 0 Å². The number of nitrogens with zero attached hydrogens (tertiary/aromatic N) is 2. The highest BCUT2D eigenvalue weighted by Gasteiger charge is 2.20. The highest BCUT2D eigenvalue weighted by molar-refractivity contribution is 5.98. The Hall–Kier alpha value is -3.48. The maximum Gasteiger partial charge on any atom is 0.255 e. The van der Waals surface area contributed by atoms with Crippen LogP contribution in [0.5, 0.6) is 17.2 Å². The fraction of sp³-hybridized carbons (Fsp3) is 0.273. The molecule has 1 heterocycles. The third-order valence-corrected chi connectivity index (χ3v) is 4.56. The maximum atomic E-state index is 12.6. The molecular formula is C22H25N3O4. The van der Waals surface area contributed by atoms with Crippen LogP contribution in [0, 0.1) is 0 Å². The number of hydrogen-bond donors (Lipinski definition) is 1. The number of amides is 1. The van der Waals surface area contributed by atoms with Gasteiger partial charge in [0.25, 0.3) is 5.91 Å². The van der Waals surface area contributed by atoms with E-state index < -0.39 is 0 Å². The van der Waals surface area contributed by atoms with Crippen molar-refractivity contribution in [3.63, 3.8) is 0 Å². The van der Waals surface area contributed by atoms with Crippen LogP contribution in [0.1, 0.15) is 16.8 Å². The van der Waals surface area contributed by atoms with Crippen LogP contribution in [0.25, 0.3) is 11.4 Å². The molecule has 0 atom stereocenters. The van der Waals surface area contributed by atoms with Gasteiger partial charge in [0.1, 0.15) is 5.82 Å². The van der Waals surface area contributed by atoms with Crippen LogP contribution >= 0.6 is 0 Å². The Morgan fingerprint density at radius 1 is 1.00 bits per heavy atom. The second kappa shape index (κ2) is 9.64. The van der Waals surface area contributed by atoms with Gasteiger partial charge >= 0.3 is 0 Å². The van der Waals surface area contributed by atoms with Crippen molar-refractivity contribution < 1.29 is 19.0 Å². The quantitative estimate of drug-likeness (QED) is 0.562. The number of hydrogen-bond acceptors (Lipinski definition) is 5. The van der Waals surface area contributed by atoms with E-state index in [2.05, 4.69) is 14.9 Å². The summed E-state index contributed by atoms with van der Waals surface area (Å²) in [6.07, 6.45) is 4.49. The molecule has 2 aromatic carbocycles. The average molecular weight is 395 g/mol. The summed E-state index contributed by atoms with van der Waals surface area (Å²) in [5.41, 5.74) is 1.47. The number of aryl methyl sites for hydroxylation is 1. The molecule has 1 N–H and O–H groups in total. The molecular weight excluding hydrogens is 370 g/mol. The van der Waals surface area contributed by atoms with Gasteiger partial charge in [-0.25, -0.2) is 4.98 Å². The van der Waals surface area contributed by atoms with Crippen molar-refractivity contribution in [1.82, 2.24) is 14.9 Å². The van der Waals surface area contributed by atoms with Gasteiger partial charge in [-0.15, -0.1) is 0 Å². The number of carbonyl (C=O) groups is 1. The van der Waals surface area contributed by atoms with E-state index >= 15 is 0 Å². The SMILES string of the molecule is COc1ccc(C(=O)NCCCn2ccnc2-c2ccccc2)c(OC)c1OC. The van der Waals surface area contributed by atoms with Crippen LogP contribution in [-0.4, -0.2) is 43.3 Å². The van der Waals surface area contributed by atoms with E-state index in [1.807, 2.05) is 36.5 Å². The zero-order valence-electron chi connectivity index (χ0n) is 16.8. The predicted octanol–water partition coefficient (Wildman–Crippen LogP) is 3.40. The van der Waals surface area contributed by atoms with Crippen molar-refractivity contribution in [2.75, 3.05) is 27.9 Å².